The number of hydrogen-bond donors (Lipinski definition) is 0. The first-order chi connectivity index (χ1) is 12.2. The Morgan fingerprint density at radius 3 is 2.00 bits per heavy atom. The second kappa shape index (κ2) is 4.67. The van der Waals surface area contributed by atoms with Gasteiger partial charge in [-0.05, 0) is 25.0 Å². The Morgan fingerprint density at radius 1 is 0.885 bits per heavy atom. The standard InChI is InChI=1S/C16H11F4NO5/c17-15(18)16(19,20)26-10-5-6(1-2-7(10)25-15)21-13(22)11-8-3-4-9(24-8)12(11)14(21)23/h1-2,5,8-9,11-12H,3-4H2/t8-,9+,11-,12+. The molecule has 138 valence electrons. The van der Waals surface area contributed by atoms with Crippen LogP contribution in [0.3, 0.4) is 0 Å². The predicted octanol–water partition coefficient (Wildman–Crippen LogP) is 2.31. The van der Waals surface area contributed by atoms with E-state index in [9.17, 15) is 27.2 Å². The summed E-state index contributed by atoms with van der Waals surface area (Å²) in [4.78, 5) is 26.2. The molecule has 10 heteroatoms. The number of carbonyl (C=O) groups excluding carboxylic acids is 2. The molecule has 4 heterocycles. The first kappa shape index (κ1) is 15.9. The fourth-order valence-corrected chi connectivity index (χ4v) is 4.16. The van der Waals surface area contributed by atoms with Gasteiger partial charge in [0.15, 0.2) is 11.5 Å². The highest BCUT2D eigenvalue weighted by atomic mass is 19.3. The maximum Gasteiger partial charge on any atom is 0.507 e. The molecule has 5 rings (SSSR count). The Balaban J connectivity index is 1.51. The molecule has 4 aliphatic rings. The molecule has 0 spiro atoms. The second-order valence-electron chi connectivity index (χ2n) is 6.72. The van der Waals surface area contributed by atoms with Crippen LogP contribution in [0, 0.1) is 11.8 Å². The van der Waals surface area contributed by atoms with Crippen LogP contribution in [0.1, 0.15) is 12.8 Å². The monoisotopic (exact) mass is 373 g/mol. The van der Waals surface area contributed by atoms with Gasteiger partial charge in [0.25, 0.3) is 0 Å². The molecule has 0 saturated carbocycles. The number of halogens is 4. The summed E-state index contributed by atoms with van der Waals surface area (Å²) in [5.74, 6) is -3.44. The normalized spacial score (nSPS) is 35.8. The van der Waals surface area contributed by atoms with Crippen LogP contribution in [0.25, 0.3) is 0 Å². The van der Waals surface area contributed by atoms with Gasteiger partial charge in [-0.25, -0.2) is 4.90 Å². The van der Waals surface area contributed by atoms with Crippen LogP contribution in [-0.2, 0) is 14.3 Å². The Kier molecular flexibility index (Phi) is 2.85. The summed E-state index contributed by atoms with van der Waals surface area (Å²) in [5, 5.41) is 0. The van der Waals surface area contributed by atoms with Gasteiger partial charge in [0.1, 0.15) is 0 Å². The summed E-state index contributed by atoms with van der Waals surface area (Å²) in [7, 11) is 0. The Hall–Kier alpha value is -2.36. The number of nitrogens with zero attached hydrogens (tertiary/aromatic N) is 1. The Bertz CT molecular complexity index is 816. The maximum absolute atomic E-state index is 13.4. The third-order valence-corrected chi connectivity index (χ3v) is 5.28. The van der Waals surface area contributed by atoms with Crippen molar-refractivity contribution in [1.29, 1.82) is 0 Å². The number of fused-ring (bicyclic) bond motifs is 6. The van der Waals surface area contributed by atoms with Crippen LogP contribution in [-0.4, -0.2) is 36.2 Å². The lowest BCUT2D eigenvalue weighted by atomic mass is 9.81. The molecule has 0 aliphatic carbocycles. The van der Waals surface area contributed by atoms with Crippen LogP contribution in [0.2, 0.25) is 0 Å². The molecule has 2 amide bonds. The number of imide groups is 1. The van der Waals surface area contributed by atoms with Crippen molar-refractivity contribution >= 4 is 17.5 Å². The van der Waals surface area contributed by atoms with Crippen LogP contribution in [0.5, 0.6) is 11.5 Å². The third kappa shape index (κ3) is 1.85. The molecule has 0 N–H and O–H groups in total. The van der Waals surface area contributed by atoms with Crippen molar-refractivity contribution in [2.45, 2.75) is 37.3 Å². The van der Waals surface area contributed by atoms with Gasteiger partial charge in [-0.2, -0.15) is 17.6 Å². The molecule has 0 radical (unpaired) electrons. The van der Waals surface area contributed by atoms with Crippen LogP contribution >= 0.6 is 0 Å². The summed E-state index contributed by atoms with van der Waals surface area (Å²) in [6.07, 6.45) is -8.99. The van der Waals surface area contributed by atoms with Crippen LogP contribution in [0.15, 0.2) is 18.2 Å². The van der Waals surface area contributed by atoms with Gasteiger partial charge in [-0.1, -0.05) is 0 Å². The summed E-state index contributed by atoms with van der Waals surface area (Å²) in [6, 6.07) is 3.08. The zero-order valence-electron chi connectivity index (χ0n) is 13.0. The smallest absolute Gasteiger partial charge is 0.421 e. The van der Waals surface area contributed by atoms with Crippen molar-refractivity contribution in [3.63, 3.8) is 0 Å². The number of rotatable bonds is 1. The van der Waals surface area contributed by atoms with Crippen molar-refractivity contribution in [2.75, 3.05) is 4.90 Å². The fourth-order valence-electron chi connectivity index (χ4n) is 4.16. The number of amides is 2. The van der Waals surface area contributed by atoms with Crippen molar-refractivity contribution in [2.24, 2.45) is 11.8 Å². The van der Waals surface area contributed by atoms with E-state index in [1.807, 2.05) is 0 Å². The highest BCUT2D eigenvalue weighted by Gasteiger charge is 2.66. The van der Waals surface area contributed by atoms with Crippen LogP contribution < -0.4 is 14.4 Å². The van der Waals surface area contributed by atoms with Gasteiger partial charge in [-0.15, -0.1) is 0 Å². The molecule has 1 aromatic carbocycles. The number of alkyl halides is 4. The molecule has 6 nitrogen and oxygen atoms in total. The molecule has 1 aromatic rings. The van der Waals surface area contributed by atoms with Crippen molar-refractivity contribution in [3.8, 4) is 11.5 Å². The second-order valence-corrected chi connectivity index (χ2v) is 6.72. The predicted molar refractivity (Wildman–Crippen MR) is 75.0 cm³/mol. The average molecular weight is 373 g/mol. The van der Waals surface area contributed by atoms with Gasteiger partial charge in [0.05, 0.1) is 29.7 Å². The SMILES string of the molecule is O=C1[C@@H]2[C@H](C(=O)N1c1ccc3c(c1)OC(F)(F)C(F)(F)O3)[C@H]1CC[C@@H]2O1. The van der Waals surface area contributed by atoms with E-state index >= 15 is 0 Å². The first-order valence-electron chi connectivity index (χ1n) is 8.00. The van der Waals surface area contributed by atoms with Gasteiger partial charge in [0.2, 0.25) is 11.8 Å². The Morgan fingerprint density at radius 2 is 1.42 bits per heavy atom. The van der Waals surface area contributed by atoms with E-state index in [0.717, 1.165) is 17.0 Å². The number of anilines is 1. The van der Waals surface area contributed by atoms with E-state index < -0.39 is 47.4 Å². The average Bonchev–Trinajstić information content (AvgIpc) is 3.22. The van der Waals surface area contributed by atoms with Gasteiger partial charge >= 0.3 is 12.2 Å². The largest absolute Gasteiger partial charge is 0.507 e. The molecular formula is C16H11F4NO5. The number of ether oxygens (including phenoxy) is 3. The highest BCUT2D eigenvalue weighted by Crippen LogP contribution is 2.51. The van der Waals surface area contributed by atoms with Gasteiger partial charge < -0.3 is 14.2 Å². The molecule has 0 unspecified atom stereocenters. The number of benzene rings is 1. The minimum Gasteiger partial charge on any atom is -0.421 e. The van der Waals surface area contributed by atoms with Crippen molar-refractivity contribution in [1.82, 2.24) is 0 Å². The zero-order chi connectivity index (χ0) is 18.4. The molecule has 4 atom stereocenters. The lowest BCUT2D eigenvalue weighted by Gasteiger charge is -2.32. The fraction of sp³-hybridized carbons (Fsp3) is 0.500. The first-order valence-corrected chi connectivity index (χ1v) is 8.00. The quantitative estimate of drug-likeness (QED) is 0.558. The maximum atomic E-state index is 13.4. The zero-order valence-corrected chi connectivity index (χ0v) is 13.0. The van der Waals surface area contributed by atoms with Gasteiger partial charge in [0, 0.05) is 6.07 Å². The molecular weight excluding hydrogens is 362 g/mol. The topological polar surface area (TPSA) is 65.1 Å². The van der Waals surface area contributed by atoms with Crippen molar-refractivity contribution in [3.05, 3.63) is 18.2 Å². The van der Waals surface area contributed by atoms with Crippen LogP contribution in [0.4, 0.5) is 23.2 Å². The van der Waals surface area contributed by atoms with E-state index in [1.54, 1.807) is 0 Å². The number of hydrogen-bond acceptors (Lipinski definition) is 5. The summed E-state index contributed by atoms with van der Waals surface area (Å²) >= 11 is 0. The molecule has 0 aromatic heterocycles. The lowest BCUT2D eigenvalue weighted by Crippen LogP contribution is -2.52. The number of carbonyl (C=O) groups is 2. The summed E-state index contributed by atoms with van der Waals surface area (Å²) in [5.41, 5.74) is -0.0304. The molecule has 26 heavy (non-hydrogen) atoms. The minimum atomic E-state index is -4.87. The van der Waals surface area contributed by atoms with E-state index in [4.69, 9.17) is 4.74 Å². The Labute approximate surface area is 143 Å². The minimum absolute atomic E-state index is 0.0304. The highest BCUT2D eigenvalue weighted by molar-refractivity contribution is 6.22. The van der Waals surface area contributed by atoms with E-state index in [-0.39, 0.29) is 17.9 Å². The van der Waals surface area contributed by atoms with Gasteiger partial charge in [-0.3, -0.25) is 9.59 Å². The van der Waals surface area contributed by atoms with Crippen molar-refractivity contribution < 1.29 is 41.4 Å². The van der Waals surface area contributed by atoms with E-state index in [2.05, 4.69) is 9.47 Å². The molecule has 2 bridgehead atoms. The molecule has 4 aliphatic heterocycles. The molecule has 3 fully saturated rings. The van der Waals surface area contributed by atoms with E-state index in [1.165, 1.54) is 6.07 Å². The summed E-state index contributed by atoms with van der Waals surface area (Å²) < 4.78 is 66.8. The molecule has 3 saturated heterocycles. The lowest BCUT2D eigenvalue weighted by molar-refractivity contribution is -0.391. The summed E-state index contributed by atoms with van der Waals surface area (Å²) in [6.45, 7) is 0. The van der Waals surface area contributed by atoms with E-state index in [0.29, 0.717) is 12.8 Å². The third-order valence-electron chi connectivity index (χ3n) is 5.28.